The summed E-state index contributed by atoms with van der Waals surface area (Å²) in [6.45, 7) is 3.39. The molecule has 4 nitrogen and oxygen atoms in total. The molecule has 1 saturated heterocycles. The summed E-state index contributed by atoms with van der Waals surface area (Å²) in [5, 5.41) is 0. The fraction of sp³-hybridized carbons (Fsp3) is 0.333. The molecule has 1 unspecified atom stereocenters. The van der Waals surface area contributed by atoms with Crippen molar-refractivity contribution >= 4 is 5.91 Å². The Morgan fingerprint density at radius 1 is 1.27 bits per heavy atom. The molecular weight excluding hydrogens is 276 g/mol. The molecule has 2 aromatic rings. The number of carbonyl (C=O) groups excluding carboxylic acids is 1. The van der Waals surface area contributed by atoms with E-state index in [2.05, 4.69) is 4.98 Å². The van der Waals surface area contributed by atoms with E-state index in [0.717, 1.165) is 24.1 Å². The highest BCUT2D eigenvalue weighted by atomic mass is 16.5. The summed E-state index contributed by atoms with van der Waals surface area (Å²) >= 11 is 0. The minimum Gasteiger partial charge on any atom is -0.472 e. The maximum atomic E-state index is 12.3. The molecule has 4 heteroatoms. The molecule has 2 heterocycles. The van der Waals surface area contributed by atoms with Crippen LogP contribution in [0.3, 0.4) is 0 Å². The molecule has 0 bridgehead atoms. The van der Waals surface area contributed by atoms with E-state index in [-0.39, 0.29) is 12.0 Å². The van der Waals surface area contributed by atoms with E-state index in [4.69, 9.17) is 4.74 Å². The van der Waals surface area contributed by atoms with Crippen LogP contribution in [0.4, 0.5) is 0 Å². The predicted octanol–water partition coefficient (Wildman–Crippen LogP) is 2.61. The summed E-state index contributed by atoms with van der Waals surface area (Å²) in [4.78, 5) is 18.4. The number of ether oxygens (including phenoxy) is 1. The van der Waals surface area contributed by atoms with Crippen LogP contribution in [0.2, 0.25) is 0 Å². The van der Waals surface area contributed by atoms with E-state index in [0.29, 0.717) is 18.8 Å². The van der Waals surface area contributed by atoms with E-state index in [9.17, 15) is 4.79 Å². The molecule has 1 aromatic carbocycles. The average molecular weight is 296 g/mol. The molecule has 22 heavy (non-hydrogen) atoms. The van der Waals surface area contributed by atoms with Crippen LogP contribution in [-0.2, 0) is 11.2 Å². The van der Waals surface area contributed by atoms with Crippen LogP contribution in [0.1, 0.15) is 17.5 Å². The van der Waals surface area contributed by atoms with Gasteiger partial charge in [-0.1, -0.05) is 36.4 Å². The summed E-state index contributed by atoms with van der Waals surface area (Å²) in [6.07, 6.45) is 3.14. The van der Waals surface area contributed by atoms with Crippen LogP contribution < -0.4 is 4.74 Å². The normalized spacial score (nSPS) is 17.5. The van der Waals surface area contributed by atoms with Gasteiger partial charge in [0.25, 0.3) is 0 Å². The van der Waals surface area contributed by atoms with Crippen LogP contribution in [0.5, 0.6) is 5.88 Å². The quantitative estimate of drug-likeness (QED) is 0.871. The second-order valence-corrected chi connectivity index (χ2v) is 5.70. The second kappa shape index (κ2) is 6.60. The van der Waals surface area contributed by atoms with Crippen LogP contribution >= 0.6 is 0 Å². The number of rotatable bonds is 4. The van der Waals surface area contributed by atoms with Gasteiger partial charge in [-0.2, -0.15) is 0 Å². The number of aryl methyl sites for hydroxylation is 1. The first kappa shape index (κ1) is 14.6. The molecule has 0 N–H and O–H groups in total. The average Bonchev–Trinajstić information content (AvgIpc) is 2.99. The van der Waals surface area contributed by atoms with Crippen LogP contribution in [0, 0.1) is 6.92 Å². The number of pyridine rings is 1. The van der Waals surface area contributed by atoms with Crippen LogP contribution in [0.15, 0.2) is 48.7 Å². The van der Waals surface area contributed by atoms with Gasteiger partial charge in [0, 0.05) is 25.2 Å². The molecular formula is C18H20N2O2. The smallest absolute Gasteiger partial charge is 0.227 e. The van der Waals surface area contributed by atoms with Gasteiger partial charge >= 0.3 is 0 Å². The molecule has 0 saturated carbocycles. The van der Waals surface area contributed by atoms with Crippen molar-refractivity contribution in [2.75, 3.05) is 13.1 Å². The Hall–Kier alpha value is -2.36. The van der Waals surface area contributed by atoms with E-state index in [1.807, 2.05) is 54.3 Å². The third kappa shape index (κ3) is 3.64. The van der Waals surface area contributed by atoms with Crippen molar-refractivity contribution in [2.45, 2.75) is 25.9 Å². The summed E-state index contributed by atoms with van der Waals surface area (Å²) in [5.74, 6) is 0.794. The predicted molar refractivity (Wildman–Crippen MR) is 84.7 cm³/mol. The van der Waals surface area contributed by atoms with Gasteiger partial charge in [0.05, 0.1) is 13.0 Å². The van der Waals surface area contributed by atoms with Crippen molar-refractivity contribution in [1.82, 2.24) is 9.88 Å². The molecule has 0 radical (unpaired) electrons. The molecule has 114 valence electrons. The molecule has 1 aliphatic rings. The summed E-state index contributed by atoms with van der Waals surface area (Å²) in [6, 6.07) is 13.7. The van der Waals surface area contributed by atoms with Gasteiger partial charge < -0.3 is 9.64 Å². The van der Waals surface area contributed by atoms with Crippen molar-refractivity contribution in [2.24, 2.45) is 0 Å². The Morgan fingerprint density at radius 2 is 2.09 bits per heavy atom. The number of likely N-dealkylation sites (tertiary alicyclic amines) is 1. The van der Waals surface area contributed by atoms with Crippen LogP contribution in [0.25, 0.3) is 0 Å². The van der Waals surface area contributed by atoms with Crippen molar-refractivity contribution in [3.63, 3.8) is 0 Å². The third-order valence-corrected chi connectivity index (χ3v) is 3.87. The highest BCUT2D eigenvalue weighted by Crippen LogP contribution is 2.17. The lowest BCUT2D eigenvalue weighted by atomic mass is 10.1. The number of amides is 1. The number of hydrogen-bond donors (Lipinski definition) is 0. The molecule has 3 rings (SSSR count). The van der Waals surface area contributed by atoms with Gasteiger partial charge in [0.1, 0.15) is 6.10 Å². The van der Waals surface area contributed by atoms with Gasteiger partial charge in [-0.15, -0.1) is 0 Å². The first-order valence-electron chi connectivity index (χ1n) is 7.62. The standard InChI is InChI=1S/C18H20N2O2/c1-14-7-8-17(19-12-14)22-16-9-10-20(13-16)18(21)11-15-5-3-2-4-6-15/h2-8,12,16H,9-11,13H2,1H3. The molecule has 0 aliphatic carbocycles. The topological polar surface area (TPSA) is 42.4 Å². The Morgan fingerprint density at radius 3 is 2.82 bits per heavy atom. The molecule has 1 amide bonds. The van der Waals surface area contributed by atoms with E-state index >= 15 is 0 Å². The zero-order chi connectivity index (χ0) is 15.4. The fourth-order valence-electron chi connectivity index (χ4n) is 2.63. The van der Waals surface area contributed by atoms with Crippen molar-refractivity contribution in [3.8, 4) is 5.88 Å². The van der Waals surface area contributed by atoms with Crippen LogP contribution in [-0.4, -0.2) is 35.0 Å². The Kier molecular flexibility index (Phi) is 4.37. The fourth-order valence-corrected chi connectivity index (χ4v) is 2.63. The number of hydrogen-bond acceptors (Lipinski definition) is 3. The first-order chi connectivity index (χ1) is 10.7. The Labute approximate surface area is 130 Å². The second-order valence-electron chi connectivity index (χ2n) is 5.70. The van der Waals surface area contributed by atoms with Gasteiger partial charge in [0.2, 0.25) is 11.8 Å². The lowest BCUT2D eigenvalue weighted by Crippen LogP contribution is -2.32. The van der Waals surface area contributed by atoms with E-state index in [1.165, 1.54) is 0 Å². The zero-order valence-electron chi connectivity index (χ0n) is 12.7. The van der Waals surface area contributed by atoms with Gasteiger partial charge in [-0.3, -0.25) is 4.79 Å². The monoisotopic (exact) mass is 296 g/mol. The summed E-state index contributed by atoms with van der Waals surface area (Å²) < 4.78 is 5.86. The molecule has 1 atom stereocenters. The summed E-state index contributed by atoms with van der Waals surface area (Å²) in [7, 11) is 0. The zero-order valence-corrected chi connectivity index (χ0v) is 12.7. The minimum absolute atomic E-state index is 0.0370. The maximum absolute atomic E-state index is 12.3. The highest BCUT2D eigenvalue weighted by molar-refractivity contribution is 5.79. The van der Waals surface area contributed by atoms with Gasteiger partial charge in [-0.05, 0) is 18.1 Å². The Balaban J connectivity index is 1.53. The SMILES string of the molecule is Cc1ccc(OC2CCN(C(=O)Cc3ccccc3)C2)nc1. The number of aromatic nitrogens is 1. The molecule has 1 aromatic heterocycles. The molecule has 1 aliphatic heterocycles. The highest BCUT2D eigenvalue weighted by Gasteiger charge is 2.27. The van der Waals surface area contributed by atoms with Crippen molar-refractivity contribution in [3.05, 3.63) is 59.8 Å². The number of carbonyl (C=O) groups is 1. The van der Waals surface area contributed by atoms with Crippen molar-refractivity contribution in [1.29, 1.82) is 0 Å². The lowest BCUT2D eigenvalue weighted by Gasteiger charge is -2.17. The van der Waals surface area contributed by atoms with E-state index in [1.54, 1.807) is 6.20 Å². The van der Waals surface area contributed by atoms with E-state index < -0.39 is 0 Å². The lowest BCUT2D eigenvalue weighted by molar-refractivity contribution is -0.129. The molecule has 0 spiro atoms. The molecule has 1 fully saturated rings. The first-order valence-corrected chi connectivity index (χ1v) is 7.62. The Bertz CT molecular complexity index is 625. The van der Waals surface area contributed by atoms with Crippen molar-refractivity contribution < 1.29 is 9.53 Å². The minimum atomic E-state index is 0.0370. The summed E-state index contributed by atoms with van der Waals surface area (Å²) in [5.41, 5.74) is 2.16. The number of nitrogens with zero attached hydrogens (tertiary/aromatic N) is 2. The largest absolute Gasteiger partial charge is 0.472 e. The number of benzene rings is 1. The maximum Gasteiger partial charge on any atom is 0.227 e. The third-order valence-electron chi connectivity index (χ3n) is 3.87. The van der Waals surface area contributed by atoms with Gasteiger partial charge in [-0.25, -0.2) is 4.98 Å². The van der Waals surface area contributed by atoms with Gasteiger partial charge in [0.15, 0.2) is 0 Å².